The van der Waals surface area contributed by atoms with Gasteiger partial charge >= 0.3 is 5.97 Å². The van der Waals surface area contributed by atoms with Gasteiger partial charge in [0.05, 0.1) is 10.6 Å². The van der Waals surface area contributed by atoms with Crippen LogP contribution in [0.4, 0.5) is 5.69 Å². The van der Waals surface area contributed by atoms with Crippen molar-refractivity contribution in [2.24, 2.45) is 0 Å². The Morgan fingerprint density at radius 2 is 1.80 bits per heavy atom. The van der Waals surface area contributed by atoms with Gasteiger partial charge in [-0.2, -0.15) is 4.31 Å². The first-order chi connectivity index (χ1) is 14.2. The molecule has 1 aliphatic heterocycles. The summed E-state index contributed by atoms with van der Waals surface area (Å²) in [6.07, 6.45) is 0.432. The van der Waals surface area contributed by atoms with Crippen molar-refractivity contribution in [2.75, 3.05) is 18.4 Å². The molecule has 2 aromatic carbocycles. The van der Waals surface area contributed by atoms with Gasteiger partial charge in [-0.1, -0.05) is 29.3 Å². The van der Waals surface area contributed by atoms with Gasteiger partial charge < -0.3 is 10.1 Å². The molecule has 1 atom stereocenters. The summed E-state index contributed by atoms with van der Waals surface area (Å²) in [6, 6.07) is 10.4. The van der Waals surface area contributed by atoms with Crippen LogP contribution in [0.1, 0.15) is 30.1 Å². The first-order valence-electron chi connectivity index (χ1n) is 9.25. The normalized spacial score (nSPS) is 15.6. The van der Waals surface area contributed by atoms with Gasteiger partial charge in [-0.05, 0) is 56.2 Å². The molecule has 1 amide bonds. The van der Waals surface area contributed by atoms with Crippen molar-refractivity contribution in [1.82, 2.24) is 4.31 Å². The zero-order valence-corrected chi connectivity index (χ0v) is 18.4. The van der Waals surface area contributed by atoms with Gasteiger partial charge in [-0.25, -0.2) is 13.2 Å². The Morgan fingerprint density at radius 3 is 2.47 bits per heavy atom. The lowest BCUT2D eigenvalue weighted by Gasteiger charge is -2.17. The van der Waals surface area contributed by atoms with Crippen LogP contribution in [0.3, 0.4) is 0 Å². The molecule has 1 fully saturated rings. The lowest BCUT2D eigenvalue weighted by molar-refractivity contribution is -0.123. The van der Waals surface area contributed by atoms with Gasteiger partial charge in [0.2, 0.25) is 10.0 Å². The van der Waals surface area contributed by atoms with E-state index in [-0.39, 0.29) is 15.5 Å². The van der Waals surface area contributed by atoms with Gasteiger partial charge in [0, 0.05) is 23.8 Å². The molecule has 0 saturated carbocycles. The molecule has 0 aromatic heterocycles. The number of hydrogen-bond acceptors (Lipinski definition) is 5. The Balaban J connectivity index is 1.73. The lowest BCUT2D eigenvalue weighted by Crippen LogP contribution is -2.30. The van der Waals surface area contributed by atoms with Crippen LogP contribution >= 0.6 is 23.2 Å². The molecule has 0 radical (unpaired) electrons. The van der Waals surface area contributed by atoms with Crippen LogP contribution in [0.25, 0.3) is 0 Å². The molecule has 0 aliphatic carbocycles. The van der Waals surface area contributed by atoms with Crippen LogP contribution in [-0.2, 0) is 19.6 Å². The van der Waals surface area contributed by atoms with Crippen LogP contribution in [-0.4, -0.2) is 43.8 Å². The van der Waals surface area contributed by atoms with Crippen LogP contribution in [0.2, 0.25) is 10.0 Å². The third-order valence-electron chi connectivity index (χ3n) is 4.59. The van der Waals surface area contributed by atoms with Crippen LogP contribution in [0.5, 0.6) is 0 Å². The van der Waals surface area contributed by atoms with Crippen LogP contribution in [0.15, 0.2) is 47.4 Å². The molecule has 3 rings (SSSR count). The summed E-state index contributed by atoms with van der Waals surface area (Å²) in [5, 5.41) is 3.07. The zero-order valence-electron chi connectivity index (χ0n) is 16.1. The van der Waals surface area contributed by atoms with Crippen molar-refractivity contribution in [1.29, 1.82) is 0 Å². The minimum atomic E-state index is -3.81. The van der Waals surface area contributed by atoms with E-state index < -0.39 is 28.0 Å². The van der Waals surface area contributed by atoms with E-state index in [1.54, 1.807) is 24.3 Å². The SMILES string of the molecule is CC(OC(=O)c1ccc(Cl)c(S(=O)(=O)N2CCCC2)c1)C(=O)Nc1cccc(Cl)c1. The number of carbonyl (C=O) groups is 2. The van der Waals surface area contributed by atoms with Gasteiger partial charge in [0.25, 0.3) is 5.91 Å². The van der Waals surface area contributed by atoms with Crippen molar-refractivity contribution < 1.29 is 22.7 Å². The quantitative estimate of drug-likeness (QED) is 0.644. The maximum absolute atomic E-state index is 12.8. The number of sulfonamides is 1. The highest BCUT2D eigenvalue weighted by Crippen LogP contribution is 2.28. The fourth-order valence-electron chi connectivity index (χ4n) is 2.99. The highest BCUT2D eigenvalue weighted by Gasteiger charge is 2.30. The van der Waals surface area contributed by atoms with Crippen molar-refractivity contribution in [2.45, 2.75) is 30.8 Å². The number of hydrogen-bond donors (Lipinski definition) is 1. The number of ether oxygens (including phenoxy) is 1. The van der Waals surface area contributed by atoms with Gasteiger partial charge in [0.1, 0.15) is 4.90 Å². The molecular weight excluding hydrogens is 451 g/mol. The number of benzene rings is 2. The molecule has 0 bridgehead atoms. The summed E-state index contributed by atoms with van der Waals surface area (Å²) in [5.74, 6) is -1.39. The second-order valence-electron chi connectivity index (χ2n) is 6.80. The molecule has 1 aliphatic rings. The van der Waals surface area contributed by atoms with Crippen molar-refractivity contribution in [3.63, 3.8) is 0 Å². The van der Waals surface area contributed by atoms with Crippen LogP contribution in [0, 0.1) is 0 Å². The summed E-state index contributed by atoms with van der Waals surface area (Å²) in [6.45, 7) is 2.23. The van der Waals surface area contributed by atoms with E-state index in [2.05, 4.69) is 5.32 Å². The zero-order chi connectivity index (χ0) is 21.9. The second kappa shape index (κ2) is 9.34. The third-order valence-corrected chi connectivity index (χ3v) is 7.21. The Labute approximate surface area is 185 Å². The molecule has 160 valence electrons. The Bertz CT molecular complexity index is 1070. The summed E-state index contributed by atoms with van der Waals surface area (Å²) >= 11 is 12.0. The summed E-state index contributed by atoms with van der Waals surface area (Å²) in [4.78, 5) is 24.6. The number of halogens is 2. The minimum absolute atomic E-state index is 0.0143. The van der Waals surface area contributed by atoms with Crippen molar-refractivity contribution >= 4 is 50.8 Å². The standard InChI is InChI=1S/C20H20Cl2N2O5S/c1-13(19(25)23-16-6-4-5-15(21)12-16)29-20(26)14-7-8-17(22)18(11-14)30(27,28)24-9-2-3-10-24/h4-8,11-13H,2-3,9-10H2,1H3,(H,23,25). The molecule has 7 nitrogen and oxygen atoms in total. The van der Waals surface area contributed by atoms with E-state index in [1.807, 2.05) is 0 Å². The Kier molecular flexibility index (Phi) is 7.02. The fraction of sp³-hybridized carbons (Fsp3) is 0.300. The Morgan fingerprint density at radius 1 is 1.10 bits per heavy atom. The predicted molar refractivity (Wildman–Crippen MR) is 114 cm³/mol. The molecule has 1 heterocycles. The van der Waals surface area contributed by atoms with E-state index in [4.69, 9.17) is 27.9 Å². The molecule has 1 N–H and O–H groups in total. The number of rotatable bonds is 6. The van der Waals surface area contributed by atoms with Crippen LogP contribution < -0.4 is 5.32 Å². The summed E-state index contributed by atoms with van der Waals surface area (Å²) in [7, 11) is -3.81. The predicted octanol–water partition coefficient (Wildman–Crippen LogP) is 3.96. The smallest absolute Gasteiger partial charge is 0.338 e. The molecule has 0 spiro atoms. The molecule has 1 unspecified atom stereocenters. The largest absolute Gasteiger partial charge is 0.449 e. The number of nitrogens with one attached hydrogen (secondary N) is 1. The number of anilines is 1. The van der Waals surface area contributed by atoms with E-state index >= 15 is 0 Å². The first kappa shape index (κ1) is 22.6. The number of esters is 1. The molecule has 2 aromatic rings. The van der Waals surface area contributed by atoms with Crippen molar-refractivity contribution in [3.8, 4) is 0 Å². The summed E-state index contributed by atoms with van der Waals surface area (Å²) < 4.78 is 32.1. The number of amides is 1. The Hall–Kier alpha value is -2.13. The molecular formula is C20H20Cl2N2O5S. The molecule has 1 saturated heterocycles. The lowest BCUT2D eigenvalue weighted by atomic mass is 10.2. The maximum Gasteiger partial charge on any atom is 0.338 e. The van der Waals surface area contributed by atoms with E-state index in [0.717, 1.165) is 12.8 Å². The summed E-state index contributed by atoms with van der Waals surface area (Å²) in [5.41, 5.74) is 0.445. The minimum Gasteiger partial charge on any atom is -0.449 e. The second-order valence-corrected chi connectivity index (χ2v) is 9.55. The highest BCUT2D eigenvalue weighted by atomic mass is 35.5. The topological polar surface area (TPSA) is 92.8 Å². The van der Waals surface area contributed by atoms with Gasteiger partial charge in [0.15, 0.2) is 6.10 Å². The van der Waals surface area contributed by atoms with Crippen molar-refractivity contribution in [3.05, 3.63) is 58.1 Å². The average Bonchev–Trinajstić information content (AvgIpc) is 3.23. The highest BCUT2D eigenvalue weighted by molar-refractivity contribution is 7.89. The average molecular weight is 471 g/mol. The number of nitrogens with zero attached hydrogens (tertiary/aromatic N) is 1. The van der Waals surface area contributed by atoms with E-state index in [1.165, 1.54) is 29.4 Å². The van der Waals surface area contributed by atoms with Gasteiger partial charge in [-0.3, -0.25) is 4.79 Å². The maximum atomic E-state index is 12.8. The van der Waals surface area contributed by atoms with Gasteiger partial charge in [-0.15, -0.1) is 0 Å². The fourth-order valence-corrected chi connectivity index (χ4v) is 5.20. The monoisotopic (exact) mass is 470 g/mol. The van der Waals surface area contributed by atoms with E-state index in [9.17, 15) is 18.0 Å². The molecule has 10 heteroatoms. The van der Waals surface area contributed by atoms with E-state index in [0.29, 0.717) is 23.8 Å². The molecule has 30 heavy (non-hydrogen) atoms. The first-order valence-corrected chi connectivity index (χ1v) is 11.4. The third kappa shape index (κ3) is 5.13. The number of carbonyl (C=O) groups excluding carboxylic acids is 2.